The summed E-state index contributed by atoms with van der Waals surface area (Å²) < 4.78 is 10.3. The van der Waals surface area contributed by atoms with E-state index < -0.39 is 30.4 Å². The normalized spacial score (nSPS) is 11.5. The average molecular weight is 433 g/mol. The van der Waals surface area contributed by atoms with Crippen LogP contribution in [-0.4, -0.2) is 37.5 Å². The van der Waals surface area contributed by atoms with Crippen molar-refractivity contribution in [1.82, 2.24) is 5.32 Å². The van der Waals surface area contributed by atoms with E-state index in [-0.39, 0.29) is 16.5 Å². The third kappa shape index (κ3) is 6.22. The Labute approximate surface area is 180 Å². The van der Waals surface area contributed by atoms with E-state index in [9.17, 15) is 14.4 Å². The fourth-order valence-corrected chi connectivity index (χ4v) is 2.92. The Morgan fingerprint density at radius 1 is 1.10 bits per heavy atom. The first-order valence-electron chi connectivity index (χ1n) is 9.39. The molecule has 0 aliphatic heterocycles. The van der Waals surface area contributed by atoms with Crippen LogP contribution in [0.5, 0.6) is 5.75 Å². The number of halogens is 1. The standard InChI is InChI=1S/C22H25ClN2O5/c1-13(2)20(25-21(27)15-7-5-6-8-16(15)23)22(28)30-12-19(26)24-17-11-14(3)9-10-18(17)29-4/h5-11,13,20H,12H2,1-4H3,(H,24,26)(H,25,27)/t20-/m0/s1. The molecule has 0 unspecified atom stereocenters. The SMILES string of the molecule is COc1ccc(C)cc1NC(=O)COC(=O)[C@@H](NC(=O)c1ccccc1Cl)C(C)C. The highest BCUT2D eigenvalue weighted by molar-refractivity contribution is 6.33. The van der Waals surface area contributed by atoms with E-state index >= 15 is 0 Å². The van der Waals surface area contributed by atoms with Gasteiger partial charge in [0.1, 0.15) is 11.8 Å². The van der Waals surface area contributed by atoms with E-state index in [0.717, 1.165) is 5.56 Å². The molecule has 8 heteroatoms. The number of rotatable bonds is 8. The van der Waals surface area contributed by atoms with Gasteiger partial charge in [0.2, 0.25) is 0 Å². The molecule has 0 fully saturated rings. The first-order chi connectivity index (χ1) is 14.2. The van der Waals surface area contributed by atoms with Crippen molar-refractivity contribution >= 4 is 35.1 Å². The summed E-state index contributed by atoms with van der Waals surface area (Å²) in [5, 5.41) is 5.55. The predicted octanol–water partition coefficient (Wildman–Crippen LogP) is 3.59. The van der Waals surface area contributed by atoms with Crippen LogP contribution in [0, 0.1) is 12.8 Å². The van der Waals surface area contributed by atoms with Gasteiger partial charge in [0.15, 0.2) is 6.61 Å². The Morgan fingerprint density at radius 2 is 1.80 bits per heavy atom. The minimum atomic E-state index is -0.935. The van der Waals surface area contributed by atoms with Crippen molar-refractivity contribution in [3.63, 3.8) is 0 Å². The summed E-state index contributed by atoms with van der Waals surface area (Å²) in [6.45, 7) is 4.90. The van der Waals surface area contributed by atoms with E-state index in [1.165, 1.54) is 7.11 Å². The van der Waals surface area contributed by atoms with Crippen molar-refractivity contribution < 1.29 is 23.9 Å². The van der Waals surface area contributed by atoms with E-state index in [4.69, 9.17) is 21.1 Å². The molecule has 1 atom stereocenters. The first kappa shape index (κ1) is 23.2. The van der Waals surface area contributed by atoms with Gasteiger partial charge in [-0.15, -0.1) is 0 Å². The van der Waals surface area contributed by atoms with Crippen LogP contribution in [-0.2, 0) is 14.3 Å². The van der Waals surface area contributed by atoms with E-state index in [1.54, 1.807) is 50.2 Å². The molecule has 2 amide bonds. The molecule has 0 heterocycles. The molecule has 160 valence electrons. The summed E-state index contributed by atoms with van der Waals surface area (Å²) in [6, 6.07) is 10.9. The predicted molar refractivity (Wildman–Crippen MR) is 115 cm³/mol. The van der Waals surface area contributed by atoms with Crippen LogP contribution in [0.3, 0.4) is 0 Å². The molecule has 0 saturated heterocycles. The molecule has 2 N–H and O–H groups in total. The Hall–Kier alpha value is -3.06. The second-order valence-corrected chi connectivity index (χ2v) is 7.44. The zero-order valence-electron chi connectivity index (χ0n) is 17.3. The molecule has 2 aromatic carbocycles. The number of anilines is 1. The summed E-state index contributed by atoms with van der Waals surface area (Å²) in [5.41, 5.74) is 1.66. The summed E-state index contributed by atoms with van der Waals surface area (Å²) in [7, 11) is 1.50. The van der Waals surface area contributed by atoms with E-state index in [1.807, 2.05) is 13.0 Å². The average Bonchev–Trinajstić information content (AvgIpc) is 2.70. The molecule has 0 aliphatic carbocycles. The minimum Gasteiger partial charge on any atom is -0.495 e. The second-order valence-electron chi connectivity index (χ2n) is 7.03. The van der Waals surface area contributed by atoms with Gasteiger partial charge in [-0.3, -0.25) is 9.59 Å². The van der Waals surface area contributed by atoms with Gasteiger partial charge in [0.05, 0.1) is 23.4 Å². The summed E-state index contributed by atoms with van der Waals surface area (Å²) in [5.74, 6) is -1.50. The molecule has 30 heavy (non-hydrogen) atoms. The Kier molecular flexibility index (Phi) is 8.24. The largest absolute Gasteiger partial charge is 0.495 e. The summed E-state index contributed by atoms with van der Waals surface area (Å²) >= 11 is 6.04. The zero-order chi connectivity index (χ0) is 22.3. The number of aryl methyl sites for hydroxylation is 1. The molecular formula is C22H25ClN2O5. The van der Waals surface area contributed by atoms with Gasteiger partial charge in [0.25, 0.3) is 11.8 Å². The monoisotopic (exact) mass is 432 g/mol. The molecule has 0 aromatic heterocycles. The molecular weight excluding hydrogens is 408 g/mol. The quantitative estimate of drug-likeness (QED) is 0.621. The van der Waals surface area contributed by atoms with Crippen LogP contribution in [0.1, 0.15) is 29.8 Å². The lowest BCUT2D eigenvalue weighted by Crippen LogP contribution is -2.46. The number of amides is 2. The van der Waals surface area contributed by atoms with Crippen molar-refractivity contribution in [1.29, 1.82) is 0 Å². The zero-order valence-corrected chi connectivity index (χ0v) is 18.1. The summed E-state index contributed by atoms with van der Waals surface area (Å²) in [4.78, 5) is 37.2. The van der Waals surface area contributed by atoms with Gasteiger partial charge in [-0.05, 0) is 42.7 Å². The van der Waals surface area contributed by atoms with Crippen LogP contribution in [0.4, 0.5) is 5.69 Å². The smallest absolute Gasteiger partial charge is 0.329 e. The third-order valence-electron chi connectivity index (χ3n) is 4.30. The van der Waals surface area contributed by atoms with Gasteiger partial charge in [-0.1, -0.05) is 43.6 Å². The number of carbonyl (C=O) groups excluding carboxylic acids is 3. The fraction of sp³-hybridized carbons (Fsp3) is 0.318. The van der Waals surface area contributed by atoms with Crippen LogP contribution in [0.25, 0.3) is 0 Å². The second kappa shape index (κ2) is 10.6. The Morgan fingerprint density at radius 3 is 2.43 bits per heavy atom. The molecule has 0 radical (unpaired) electrons. The maximum Gasteiger partial charge on any atom is 0.329 e. The van der Waals surface area contributed by atoms with Crippen LogP contribution >= 0.6 is 11.6 Å². The van der Waals surface area contributed by atoms with E-state index in [2.05, 4.69) is 10.6 Å². The molecule has 7 nitrogen and oxygen atoms in total. The van der Waals surface area contributed by atoms with Crippen molar-refractivity contribution in [2.75, 3.05) is 19.0 Å². The Bertz CT molecular complexity index is 929. The van der Waals surface area contributed by atoms with Gasteiger partial charge in [-0.25, -0.2) is 4.79 Å². The van der Waals surface area contributed by atoms with Crippen molar-refractivity contribution in [3.8, 4) is 5.75 Å². The minimum absolute atomic E-state index is 0.252. The molecule has 0 spiro atoms. The van der Waals surface area contributed by atoms with Crippen molar-refractivity contribution in [2.45, 2.75) is 26.8 Å². The van der Waals surface area contributed by atoms with Crippen LogP contribution in [0.2, 0.25) is 5.02 Å². The van der Waals surface area contributed by atoms with Gasteiger partial charge >= 0.3 is 5.97 Å². The molecule has 2 rings (SSSR count). The molecule has 2 aromatic rings. The summed E-state index contributed by atoms with van der Waals surface area (Å²) in [6.07, 6.45) is 0. The fourth-order valence-electron chi connectivity index (χ4n) is 2.69. The van der Waals surface area contributed by atoms with Crippen molar-refractivity contribution in [2.24, 2.45) is 5.92 Å². The number of esters is 1. The van der Waals surface area contributed by atoms with Crippen molar-refractivity contribution in [3.05, 3.63) is 58.6 Å². The van der Waals surface area contributed by atoms with Crippen LogP contribution in [0.15, 0.2) is 42.5 Å². The number of benzene rings is 2. The number of nitrogens with one attached hydrogen (secondary N) is 2. The van der Waals surface area contributed by atoms with E-state index in [0.29, 0.717) is 11.4 Å². The maximum atomic E-state index is 12.5. The third-order valence-corrected chi connectivity index (χ3v) is 4.63. The highest BCUT2D eigenvalue weighted by Gasteiger charge is 2.27. The number of hydrogen-bond donors (Lipinski definition) is 2. The molecule has 0 aliphatic rings. The number of methoxy groups -OCH3 is 1. The van der Waals surface area contributed by atoms with Gasteiger partial charge in [-0.2, -0.15) is 0 Å². The van der Waals surface area contributed by atoms with Crippen LogP contribution < -0.4 is 15.4 Å². The topological polar surface area (TPSA) is 93.7 Å². The lowest BCUT2D eigenvalue weighted by molar-refractivity contribution is -0.150. The van der Waals surface area contributed by atoms with Gasteiger partial charge < -0.3 is 20.1 Å². The highest BCUT2D eigenvalue weighted by Crippen LogP contribution is 2.25. The molecule has 0 bridgehead atoms. The maximum absolute atomic E-state index is 12.5. The molecule has 0 saturated carbocycles. The first-order valence-corrected chi connectivity index (χ1v) is 9.77. The Balaban J connectivity index is 1.98. The lowest BCUT2D eigenvalue weighted by atomic mass is 10.0. The number of ether oxygens (including phenoxy) is 2. The lowest BCUT2D eigenvalue weighted by Gasteiger charge is -2.21. The number of hydrogen-bond acceptors (Lipinski definition) is 5. The number of carbonyl (C=O) groups is 3. The highest BCUT2D eigenvalue weighted by atomic mass is 35.5. The van der Waals surface area contributed by atoms with Gasteiger partial charge in [0, 0.05) is 0 Å².